The summed E-state index contributed by atoms with van der Waals surface area (Å²) in [6.07, 6.45) is 0. The molecule has 1 aromatic heterocycles. The highest BCUT2D eigenvalue weighted by Gasteiger charge is 2.06. The zero-order valence-electron chi connectivity index (χ0n) is 8.71. The van der Waals surface area contributed by atoms with E-state index in [1.54, 1.807) is 18.4 Å². The van der Waals surface area contributed by atoms with Crippen LogP contribution in [0.2, 0.25) is 4.34 Å². The third-order valence-electron chi connectivity index (χ3n) is 2.02. The number of hydrogen-bond acceptors (Lipinski definition) is 3. The molecule has 2 nitrogen and oxygen atoms in total. The molecule has 0 atom stereocenters. The molecule has 0 amide bonds. The van der Waals surface area contributed by atoms with Crippen LogP contribution in [-0.4, -0.2) is 37.6 Å². The molecule has 1 rings (SSSR count). The fourth-order valence-corrected chi connectivity index (χ4v) is 2.64. The molecule has 0 aliphatic carbocycles. The first kappa shape index (κ1) is 13.3. The molecule has 1 heterocycles. The topological polar surface area (TPSA) is 12.5 Å². The molecule has 0 aliphatic heterocycles. The largest absolute Gasteiger partial charge is 0.383 e. The van der Waals surface area contributed by atoms with E-state index in [2.05, 4.69) is 11.0 Å². The molecule has 0 saturated carbocycles. The molecule has 0 aliphatic rings. The first-order chi connectivity index (χ1) is 7.26. The van der Waals surface area contributed by atoms with Crippen molar-refractivity contribution >= 4 is 34.5 Å². The van der Waals surface area contributed by atoms with Gasteiger partial charge in [0.15, 0.2) is 0 Å². The van der Waals surface area contributed by atoms with Crippen LogP contribution < -0.4 is 0 Å². The van der Waals surface area contributed by atoms with E-state index >= 15 is 0 Å². The molecular formula is C10H15Cl2NOS. The molecule has 86 valence electrons. The molecule has 0 bridgehead atoms. The molecular weight excluding hydrogens is 253 g/mol. The minimum absolute atomic E-state index is 0.642. The monoisotopic (exact) mass is 267 g/mol. The number of methoxy groups -OCH3 is 1. The Kier molecular flexibility index (Phi) is 6.61. The van der Waals surface area contributed by atoms with Crippen LogP contribution in [0, 0.1) is 0 Å². The summed E-state index contributed by atoms with van der Waals surface area (Å²) in [7, 11) is 1.71. The van der Waals surface area contributed by atoms with Crippen molar-refractivity contribution in [3.05, 3.63) is 21.3 Å². The Morgan fingerprint density at radius 1 is 1.40 bits per heavy atom. The van der Waals surface area contributed by atoms with E-state index in [4.69, 9.17) is 27.9 Å². The Morgan fingerprint density at radius 2 is 2.20 bits per heavy atom. The summed E-state index contributed by atoms with van der Waals surface area (Å²) >= 11 is 13.2. The van der Waals surface area contributed by atoms with Gasteiger partial charge in [0, 0.05) is 37.5 Å². The maximum Gasteiger partial charge on any atom is 0.0931 e. The van der Waals surface area contributed by atoms with Crippen LogP contribution in [0.15, 0.2) is 12.1 Å². The van der Waals surface area contributed by atoms with E-state index in [9.17, 15) is 0 Å². The van der Waals surface area contributed by atoms with Gasteiger partial charge in [0.2, 0.25) is 0 Å². The van der Waals surface area contributed by atoms with Gasteiger partial charge in [0.25, 0.3) is 0 Å². The SMILES string of the molecule is COCCN(CCCl)Cc1ccc(Cl)s1. The van der Waals surface area contributed by atoms with Gasteiger partial charge in [0.1, 0.15) is 0 Å². The lowest BCUT2D eigenvalue weighted by Crippen LogP contribution is -2.28. The minimum atomic E-state index is 0.642. The molecule has 0 N–H and O–H groups in total. The quantitative estimate of drug-likeness (QED) is 0.705. The zero-order chi connectivity index (χ0) is 11.1. The summed E-state index contributed by atoms with van der Waals surface area (Å²) < 4.78 is 5.89. The summed E-state index contributed by atoms with van der Waals surface area (Å²) in [5, 5.41) is 0. The van der Waals surface area contributed by atoms with E-state index in [0.29, 0.717) is 5.88 Å². The van der Waals surface area contributed by atoms with Gasteiger partial charge in [-0.1, -0.05) is 11.6 Å². The highest BCUT2D eigenvalue weighted by molar-refractivity contribution is 7.16. The molecule has 0 saturated heterocycles. The maximum atomic E-state index is 5.87. The summed E-state index contributed by atoms with van der Waals surface area (Å²) in [5.74, 6) is 0.642. The summed E-state index contributed by atoms with van der Waals surface area (Å²) in [6.45, 7) is 3.41. The van der Waals surface area contributed by atoms with Crippen LogP contribution in [0.4, 0.5) is 0 Å². The van der Waals surface area contributed by atoms with Gasteiger partial charge < -0.3 is 4.74 Å². The number of thiophene rings is 1. The molecule has 15 heavy (non-hydrogen) atoms. The van der Waals surface area contributed by atoms with Crippen molar-refractivity contribution in [3.8, 4) is 0 Å². The highest BCUT2D eigenvalue weighted by Crippen LogP contribution is 2.22. The fourth-order valence-electron chi connectivity index (χ4n) is 1.27. The van der Waals surface area contributed by atoms with Crippen LogP contribution in [-0.2, 0) is 11.3 Å². The summed E-state index contributed by atoms with van der Waals surface area (Å²) in [4.78, 5) is 3.53. The van der Waals surface area contributed by atoms with Crippen molar-refractivity contribution in [2.75, 3.05) is 32.7 Å². The standard InChI is InChI=1S/C10H15Cl2NOS/c1-14-7-6-13(5-4-11)8-9-2-3-10(12)15-9/h2-3H,4-8H2,1H3. The minimum Gasteiger partial charge on any atom is -0.383 e. The zero-order valence-corrected chi connectivity index (χ0v) is 11.0. The van der Waals surface area contributed by atoms with Crippen molar-refractivity contribution in [1.82, 2.24) is 4.90 Å². The van der Waals surface area contributed by atoms with Crippen LogP contribution >= 0.6 is 34.5 Å². The average Bonchev–Trinajstić information content (AvgIpc) is 2.61. The number of alkyl halides is 1. The second kappa shape index (κ2) is 7.47. The van der Waals surface area contributed by atoms with Crippen molar-refractivity contribution in [2.24, 2.45) is 0 Å². The van der Waals surface area contributed by atoms with Gasteiger partial charge in [-0.05, 0) is 12.1 Å². The predicted molar refractivity (Wildman–Crippen MR) is 67.2 cm³/mol. The molecule has 0 aromatic carbocycles. The van der Waals surface area contributed by atoms with Crippen LogP contribution in [0.5, 0.6) is 0 Å². The molecule has 0 unspecified atom stereocenters. The number of nitrogens with zero attached hydrogens (tertiary/aromatic N) is 1. The van der Waals surface area contributed by atoms with Crippen molar-refractivity contribution in [2.45, 2.75) is 6.54 Å². The Morgan fingerprint density at radius 3 is 2.73 bits per heavy atom. The molecule has 0 spiro atoms. The van der Waals surface area contributed by atoms with Gasteiger partial charge >= 0.3 is 0 Å². The van der Waals surface area contributed by atoms with Crippen molar-refractivity contribution in [1.29, 1.82) is 0 Å². The van der Waals surface area contributed by atoms with Crippen LogP contribution in [0.25, 0.3) is 0 Å². The van der Waals surface area contributed by atoms with E-state index in [-0.39, 0.29) is 0 Å². The van der Waals surface area contributed by atoms with Gasteiger partial charge in [0.05, 0.1) is 10.9 Å². The Balaban J connectivity index is 2.42. The third kappa shape index (κ3) is 5.18. The van der Waals surface area contributed by atoms with Gasteiger partial charge in [-0.15, -0.1) is 22.9 Å². The van der Waals surface area contributed by atoms with Crippen molar-refractivity contribution in [3.63, 3.8) is 0 Å². The fraction of sp³-hybridized carbons (Fsp3) is 0.600. The molecule has 1 aromatic rings. The maximum absolute atomic E-state index is 5.87. The smallest absolute Gasteiger partial charge is 0.0931 e. The lowest BCUT2D eigenvalue weighted by Gasteiger charge is -2.19. The second-order valence-electron chi connectivity index (χ2n) is 3.16. The highest BCUT2D eigenvalue weighted by atomic mass is 35.5. The van der Waals surface area contributed by atoms with E-state index in [1.807, 2.05) is 6.07 Å². The number of hydrogen-bond donors (Lipinski definition) is 0. The Labute approximate surface area is 105 Å². The first-order valence-corrected chi connectivity index (χ1v) is 6.50. The van der Waals surface area contributed by atoms with E-state index in [1.165, 1.54) is 4.88 Å². The summed E-state index contributed by atoms with van der Waals surface area (Å²) in [5.41, 5.74) is 0. The summed E-state index contributed by atoms with van der Waals surface area (Å²) in [6, 6.07) is 3.98. The first-order valence-electron chi connectivity index (χ1n) is 4.77. The third-order valence-corrected chi connectivity index (χ3v) is 3.41. The van der Waals surface area contributed by atoms with Gasteiger partial charge in [-0.2, -0.15) is 0 Å². The molecule has 5 heteroatoms. The Hall–Kier alpha value is 0.200. The normalized spacial score (nSPS) is 11.2. The molecule has 0 fully saturated rings. The van der Waals surface area contributed by atoms with Crippen LogP contribution in [0.3, 0.4) is 0 Å². The van der Waals surface area contributed by atoms with Crippen LogP contribution in [0.1, 0.15) is 4.88 Å². The van der Waals surface area contributed by atoms with Gasteiger partial charge in [-0.25, -0.2) is 0 Å². The predicted octanol–water partition coefficient (Wildman–Crippen LogP) is 3.09. The van der Waals surface area contributed by atoms with Crippen molar-refractivity contribution < 1.29 is 4.74 Å². The Bertz CT molecular complexity index is 280. The average molecular weight is 268 g/mol. The van der Waals surface area contributed by atoms with Gasteiger partial charge in [-0.3, -0.25) is 4.90 Å². The number of rotatable bonds is 7. The second-order valence-corrected chi connectivity index (χ2v) is 5.34. The molecule has 0 radical (unpaired) electrons. The number of halogens is 2. The lowest BCUT2D eigenvalue weighted by atomic mass is 10.4. The van der Waals surface area contributed by atoms with E-state index < -0.39 is 0 Å². The van der Waals surface area contributed by atoms with E-state index in [0.717, 1.165) is 30.6 Å². The lowest BCUT2D eigenvalue weighted by molar-refractivity contribution is 0.148. The number of ether oxygens (including phenoxy) is 1.